The molecular formula is C16H17FN2. The number of benzene rings is 1. The van der Waals surface area contributed by atoms with E-state index in [4.69, 9.17) is 0 Å². The summed E-state index contributed by atoms with van der Waals surface area (Å²) in [6.45, 7) is 1.89. The smallest absolute Gasteiger partial charge is 0.103 e. The molecule has 1 heterocycles. The molecule has 1 unspecified atom stereocenters. The summed E-state index contributed by atoms with van der Waals surface area (Å²) in [6, 6.07) is 12.1. The van der Waals surface area contributed by atoms with E-state index in [0.29, 0.717) is 6.42 Å². The predicted octanol–water partition coefficient (Wildman–Crippen LogP) is 4.60. The van der Waals surface area contributed by atoms with Crippen LogP contribution in [-0.4, -0.2) is 10.2 Å². The number of aromatic amines is 1. The third-order valence-electron chi connectivity index (χ3n) is 3.43. The number of nitrogens with one attached hydrogen (secondary N) is 1. The molecule has 98 valence electrons. The summed E-state index contributed by atoms with van der Waals surface area (Å²) >= 11 is 0. The van der Waals surface area contributed by atoms with Crippen molar-refractivity contribution in [2.75, 3.05) is 0 Å². The van der Waals surface area contributed by atoms with Gasteiger partial charge in [0.2, 0.25) is 0 Å². The van der Waals surface area contributed by atoms with E-state index >= 15 is 0 Å². The van der Waals surface area contributed by atoms with E-state index in [1.807, 2.05) is 49.4 Å². The Hall–Kier alpha value is -2.16. The highest BCUT2D eigenvalue weighted by molar-refractivity contribution is 5.70. The predicted molar refractivity (Wildman–Crippen MR) is 77.1 cm³/mol. The normalized spacial score (nSPS) is 18.9. The van der Waals surface area contributed by atoms with Gasteiger partial charge in [-0.2, -0.15) is 5.10 Å². The summed E-state index contributed by atoms with van der Waals surface area (Å²) in [5.74, 6) is -0.112. The molecule has 3 rings (SSSR count). The van der Waals surface area contributed by atoms with E-state index in [1.54, 1.807) is 6.08 Å². The van der Waals surface area contributed by atoms with Crippen LogP contribution in [0.3, 0.4) is 0 Å². The third-order valence-corrected chi connectivity index (χ3v) is 3.43. The van der Waals surface area contributed by atoms with Crippen LogP contribution in [0.25, 0.3) is 16.8 Å². The van der Waals surface area contributed by atoms with Gasteiger partial charge in [0.1, 0.15) is 5.83 Å². The van der Waals surface area contributed by atoms with Crippen LogP contribution < -0.4 is 0 Å². The van der Waals surface area contributed by atoms with Crippen molar-refractivity contribution in [3.63, 3.8) is 0 Å². The molecule has 1 N–H and O–H groups in total. The molecule has 0 spiro atoms. The highest BCUT2D eigenvalue weighted by Gasteiger charge is 2.17. The fraction of sp³-hybridized carbons (Fsp3) is 0.188. The summed E-state index contributed by atoms with van der Waals surface area (Å²) in [5.41, 5.74) is 4.06. The minimum atomic E-state index is -0.0584. The Kier molecular flexibility index (Phi) is 3.03. The summed E-state index contributed by atoms with van der Waals surface area (Å²) in [5, 5.41) is 7.37. The molecule has 0 radical (unpaired) electrons. The largest absolute Gasteiger partial charge is 0.277 e. The SMILES string of the molecule is CC1CC(c2cc(-c3ccccc3)[nH]n2)=CC=C1F.[HH]. The highest BCUT2D eigenvalue weighted by Crippen LogP contribution is 2.32. The molecule has 19 heavy (non-hydrogen) atoms. The number of hydrogen-bond donors (Lipinski definition) is 1. The van der Waals surface area contributed by atoms with Crippen molar-refractivity contribution in [3.8, 4) is 11.3 Å². The van der Waals surface area contributed by atoms with Crippen molar-refractivity contribution in [1.82, 2.24) is 10.2 Å². The van der Waals surface area contributed by atoms with Gasteiger partial charge in [-0.3, -0.25) is 5.10 Å². The molecule has 0 fully saturated rings. The Bertz CT molecular complexity index is 644. The lowest BCUT2D eigenvalue weighted by Gasteiger charge is -2.14. The van der Waals surface area contributed by atoms with E-state index in [0.717, 1.165) is 22.5 Å². The molecule has 0 saturated heterocycles. The molecule has 0 bridgehead atoms. The van der Waals surface area contributed by atoms with Crippen molar-refractivity contribution in [2.45, 2.75) is 13.3 Å². The van der Waals surface area contributed by atoms with Crippen molar-refractivity contribution in [1.29, 1.82) is 0 Å². The van der Waals surface area contributed by atoms with Crippen molar-refractivity contribution < 1.29 is 5.82 Å². The van der Waals surface area contributed by atoms with Gasteiger partial charge in [0.25, 0.3) is 0 Å². The first-order valence-corrected chi connectivity index (χ1v) is 6.41. The monoisotopic (exact) mass is 256 g/mol. The van der Waals surface area contributed by atoms with Crippen LogP contribution in [0.2, 0.25) is 0 Å². The topological polar surface area (TPSA) is 28.7 Å². The van der Waals surface area contributed by atoms with E-state index in [9.17, 15) is 4.39 Å². The van der Waals surface area contributed by atoms with E-state index in [1.165, 1.54) is 0 Å². The maximum absolute atomic E-state index is 13.3. The Labute approximate surface area is 113 Å². The Morgan fingerprint density at radius 3 is 2.79 bits per heavy atom. The maximum Gasteiger partial charge on any atom is 0.103 e. The zero-order valence-corrected chi connectivity index (χ0v) is 10.7. The molecule has 2 aromatic rings. The van der Waals surface area contributed by atoms with Crippen LogP contribution in [0.15, 0.2) is 54.4 Å². The zero-order valence-electron chi connectivity index (χ0n) is 10.7. The molecule has 1 aromatic heterocycles. The van der Waals surface area contributed by atoms with Gasteiger partial charge in [-0.25, -0.2) is 4.39 Å². The standard InChI is InChI=1S/C16H15FN2.H2/c1-11-9-13(7-8-14(11)17)16-10-15(18-19-16)12-5-3-2-4-6-12;/h2-8,10-11H,9H2,1H3,(H,18,19);1H. The van der Waals surface area contributed by atoms with E-state index < -0.39 is 0 Å². The molecule has 1 atom stereocenters. The Balaban J connectivity index is 0.00000147. The van der Waals surface area contributed by atoms with Crippen molar-refractivity contribution in [2.24, 2.45) is 5.92 Å². The van der Waals surface area contributed by atoms with Gasteiger partial charge in [-0.15, -0.1) is 0 Å². The summed E-state index contributed by atoms with van der Waals surface area (Å²) in [7, 11) is 0. The number of rotatable bonds is 2. The van der Waals surface area contributed by atoms with Crippen molar-refractivity contribution >= 4 is 5.57 Å². The summed E-state index contributed by atoms with van der Waals surface area (Å²) < 4.78 is 13.3. The average Bonchev–Trinajstić information content (AvgIpc) is 2.93. The van der Waals surface area contributed by atoms with Gasteiger partial charge in [0, 0.05) is 7.34 Å². The number of aromatic nitrogens is 2. The van der Waals surface area contributed by atoms with Crippen LogP contribution in [0.4, 0.5) is 4.39 Å². The zero-order chi connectivity index (χ0) is 13.2. The first-order valence-electron chi connectivity index (χ1n) is 6.41. The molecule has 0 amide bonds. The molecule has 2 nitrogen and oxygen atoms in total. The minimum absolute atomic E-state index is 0. The van der Waals surface area contributed by atoms with Gasteiger partial charge in [-0.1, -0.05) is 43.3 Å². The fourth-order valence-corrected chi connectivity index (χ4v) is 2.28. The quantitative estimate of drug-likeness (QED) is 0.835. The van der Waals surface area contributed by atoms with Gasteiger partial charge >= 0.3 is 0 Å². The molecule has 1 aliphatic rings. The number of allylic oxidation sites excluding steroid dienone is 4. The number of hydrogen-bond acceptors (Lipinski definition) is 1. The molecule has 1 aliphatic carbocycles. The second kappa shape index (κ2) is 4.84. The van der Waals surface area contributed by atoms with E-state index in [2.05, 4.69) is 10.2 Å². The van der Waals surface area contributed by atoms with Gasteiger partial charge in [0.15, 0.2) is 0 Å². The van der Waals surface area contributed by atoms with Gasteiger partial charge < -0.3 is 0 Å². The second-order valence-corrected chi connectivity index (χ2v) is 4.88. The number of nitrogens with zero attached hydrogens (tertiary/aromatic N) is 1. The maximum atomic E-state index is 13.3. The average molecular weight is 256 g/mol. The highest BCUT2D eigenvalue weighted by atomic mass is 19.1. The molecular weight excluding hydrogens is 239 g/mol. The third kappa shape index (κ3) is 2.36. The molecule has 1 aromatic carbocycles. The van der Waals surface area contributed by atoms with Crippen LogP contribution in [0, 0.1) is 5.92 Å². The lowest BCUT2D eigenvalue weighted by atomic mass is 9.93. The number of H-pyrrole nitrogens is 1. The fourth-order valence-electron chi connectivity index (χ4n) is 2.28. The first kappa shape index (κ1) is 11.9. The van der Waals surface area contributed by atoms with Crippen molar-refractivity contribution in [3.05, 3.63) is 60.1 Å². The summed E-state index contributed by atoms with van der Waals surface area (Å²) in [4.78, 5) is 0. The van der Waals surface area contributed by atoms with Gasteiger partial charge in [0.05, 0.1) is 11.4 Å². The summed E-state index contributed by atoms with van der Waals surface area (Å²) in [6.07, 6.45) is 4.06. The van der Waals surface area contributed by atoms with Crippen LogP contribution >= 0.6 is 0 Å². The van der Waals surface area contributed by atoms with Crippen LogP contribution in [0.1, 0.15) is 20.5 Å². The lowest BCUT2D eigenvalue weighted by Crippen LogP contribution is -2.01. The number of halogens is 1. The Morgan fingerprint density at radius 2 is 2.05 bits per heavy atom. The second-order valence-electron chi connectivity index (χ2n) is 4.88. The minimum Gasteiger partial charge on any atom is -0.277 e. The molecule has 0 saturated carbocycles. The molecule has 0 aliphatic heterocycles. The first-order chi connectivity index (χ1) is 9.24. The lowest BCUT2D eigenvalue weighted by molar-refractivity contribution is 0.495. The van der Waals surface area contributed by atoms with Crippen LogP contribution in [0.5, 0.6) is 0 Å². The van der Waals surface area contributed by atoms with Crippen LogP contribution in [-0.2, 0) is 0 Å². The van der Waals surface area contributed by atoms with Gasteiger partial charge in [-0.05, 0) is 29.7 Å². The Morgan fingerprint density at radius 1 is 1.26 bits per heavy atom. The van der Waals surface area contributed by atoms with E-state index in [-0.39, 0.29) is 13.2 Å². The molecule has 3 heteroatoms.